The number of anilines is 1. The van der Waals surface area contributed by atoms with Gasteiger partial charge in [-0.15, -0.1) is 0 Å². The molecule has 0 radical (unpaired) electrons. The van der Waals surface area contributed by atoms with Crippen LogP contribution < -0.4 is 4.90 Å². The number of ether oxygens (including phenoxy) is 1. The Labute approximate surface area is 148 Å². The standard InChI is InChI=1S/C17H14N2O3S2/c1-18-9-5-6-11(18)10-14-15(20)19(17(23)24-14)13-8-4-3-7-12(13)16(21)22-2/h3-10H,1-2H3/b14-10+. The van der Waals surface area contributed by atoms with Crippen molar-refractivity contribution in [3.05, 3.63) is 58.8 Å². The number of thiocarbonyl (C=S) groups is 1. The molecule has 3 rings (SSSR count). The van der Waals surface area contributed by atoms with Crippen LogP contribution in [0.4, 0.5) is 5.69 Å². The smallest absolute Gasteiger partial charge is 0.339 e. The zero-order chi connectivity index (χ0) is 17.3. The Morgan fingerprint density at radius 2 is 2.00 bits per heavy atom. The fraction of sp³-hybridized carbons (Fsp3) is 0.118. The number of para-hydroxylation sites is 1. The first kappa shape index (κ1) is 16.5. The summed E-state index contributed by atoms with van der Waals surface area (Å²) in [7, 11) is 3.21. The molecule has 1 saturated heterocycles. The molecule has 0 spiro atoms. The van der Waals surface area contributed by atoms with Crippen LogP contribution in [0.3, 0.4) is 0 Å². The number of aromatic nitrogens is 1. The lowest BCUT2D eigenvalue weighted by Crippen LogP contribution is -2.29. The summed E-state index contributed by atoms with van der Waals surface area (Å²) in [5, 5.41) is 0. The van der Waals surface area contributed by atoms with Crippen LogP contribution in [0.5, 0.6) is 0 Å². The van der Waals surface area contributed by atoms with Gasteiger partial charge in [0.2, 0.25) is 0 Å². The van der Waals surface area contributed by atoms with Crippen LogP contribution in [-0.2, 0) is 16.6 Å². The lowest BCUT2D eigenvalue weighted by Gasteiger charge is -2.17. The van der Waals surface area contributed by atoms with E-state index >= 15 is 0 Å². The zero-order valence-corrected chi connectivity index (χ0v) is 14.7. The number of thioether (sulfide) groups is 1. The Morgan fingerprint density at radius 3 is 2.67 bits per heavy atom. The minimum Gasteiger partial charge on any atom is -0.465 e. The number of carbonyl (C=O) groups excluding carboxylic acids is 2. The molecule has 7 heteroatoms. The molecule has 2 aromatic rings. The zero-order valence-electron chi connectivity index (χ0n) is 13.1. The summed E-state index contributed by atoms with van der Waals surface area (Å²) in [4.78, 5) is 26.7. The molecule has 24 heavy (non-hydrogen) atoms. The molecule has 0 atom stereocenters. The highest BCUT2D eigenvalue weighted by atomic mass is 32.2. The van der Waals surface area contributed by atoms with E-state index in [2.05, 4.69) is 0 Å². The molecule has 0 saturated carbocycles. The van der Waals surface area contributed by atoms with Gasteiger partial charge in [0, 0.05) is 18.9 Å². The Kier molecular flexibility index (Phi) is 4.55. The van der Waals surface area contributed by atoms with E-state index < -0.39 is 5.97 Å². The van der Waals surface area contributed by atoms with Crippen molar-refractivity contribution in [2.45, 2.75) is 0 Å². The maximum Gasteiger partial charge on any atom is 0.339 e. The second-order valence-electron chi connectivity index (χ2n) is 5.07. The number of hydrogen-bond donors (Lipinski definition) is 0. The third-order valence-corrected chi connectivity index (χ3v) is 4.91. The molecule has 2 heterocycles. The Hall–Kier alpha value is -2.38. The van der Waals surface area contributed by atoms with Gasteiger partial charge in [-0.1, -0.05) is 36.1 Å². The van der Waals surface area contributed by atoms with Crippen molar-refractivity contribution in [3.63, 3.8) is 0 Å². The fourth-order valence-corrected chi connectivity index (χ4v) is 3.65. The molecule has 122 valence electrons. The van der Waals surface area contributed by atoms with Crippen molar-refractivity contribution in [1.29, 1.82) is 0 Å². The molecule has 0 unspecified atom stereocenters. The van der Waals surface area contributed by atoms with Crippen LogP contribution in [0.2, 0.25) is 0 Å². The number of benzene rings is 1. The lowest BCUT2D eigenvalue weighted by molar-refractivity contribution is -0.113. The molecule has 0 aliphatic carbocycles. The summed E-state index contributed by atoms with van der Waals surface area (Å²) in [6.07, 6.45) is 3.69. The fourth-order valence-electron chi connectivity index (χ4n) is 2.39. The normalized spacial score (nSPS) is 16.1. The topological polar surface area (TPSA) is 51.5 Å². The second-order valence-corrected chi connectivity index (χ2v) is 6.75. The number of aryl methyl sites for hydroxylation is 1. The van der Waals surface area contributed by atoms with Gasteiger partial charge in [0.1, 0.15) is 0 Å². The van der Waals surface area contributed by atoms with Gasteiger partial charge >= 0.3 is 5.97 Å². The van der Waals surface area contributed by atoms with E-state index in [1.54, 1.807) is 30.3 Å². The number of hydrogen-bond acceptors (Lipinski definition) is 5. The van der Waals surface area contributed by atoms with Crippen LogP contribution in [0.25, 0.3) is 6.08 Å². The highest BCUT2D eigenvalue weighted by molar-refractivity contribution is 8.27. The molecule has 1 fully saturated rings. The van der Waals surface area contributed by atoms with E-state index in [1.165, 1.54) is 23.8 Å². The number of methoxy groups -OCH3 is 1. The summed E-state index contributed by atoms with van der Waals surface area (Å²) in [6.45, 7) is 0. The largest absolute Gasteiger partial charge is 0.465 e. The molecule has 1 aliphatic heterocycles. The third kappa shape index (κ3) is 2.88. The summed E-state index contributed by atoms with van der Waals surface area (Å²) >= 11 is 6.57. The third-order valence-electron chi connectivity index (χ3n) is 3.61. The SMILES string of the molecule is COC(=O)c1ccccc1N1C(=O)/C(=C\c2cccn2C)SC1=S. The molecular weight excluding hydrogens is 344 g/mol. The number of rotatable bonds is 3. The van der Waals surface area contributed by atoms with Gasteiger partial charge in [-0.25, -0.2) is 4.79 Å². The number of amides is 1. The average molecular weight is 358 g/mol. The van der Waals surface area contributed by atoms with Crippen molar-refractivity contribution >= 4 is 51.9 Å². The first-order valence-electron chi connectivity index (χ1n) is 7.09. The van der Waals surface area contributed by atoms with Gasteiger partial charge in [0.15, 0.2) is 4.32 Å². The maximum atomic E-state index is 12.8. The summed E-state index contributed by atoms with van der Waals surface area (Å²) in [5.41, 5.74) is 1.63. The van der Waals surface area contributed by atoms with Crippen molar-refractivity contribution in [1.82, 2.24) is 4.57 Å². The van der Waals surface area contributed by atoms with Gasteiger partial charge in [-0.05, 0) is 30.3 Å². The number of esters is 1. The Morgan fingerprint density at radius 1 is 1.25 bits per heavy atom. The van der Waals surface area contributed by atoms with Crippen LogP contribution in [0, 0.1) is 0 Å². The molecule has 1 amide bonds. The highest BCUT2D eigenvalue weighted by Gasteiger charge is 2.35. The van der Waals surface area contributed by atoms with E-state index in [-0.39, 0.29) is 5.91 Å². The van der Waals surface area contributed by atoms with Crippen LogP contribution in [-0.4, -0.2) is 27.9 Å². The summed E-state index contributed by atoms with van der Waals surface area (Å²) < 4.78 is 7.09. The monoisotopic (exact) mass is 358 g/mol. The van der Waals surface area contributed by atoms with Gasteiger partial charge in [-0.3, -0.25) is 9.69 Å². The number of nitrogens with zero attached hydrogens (tertiary/aromatic N) is 2. The predicted molar refractivity (Wildman–Crippen MR) is 98.8 cm³/mol. The lowest BCUT2D eigenvalue weighted by atomic mass is 10.1. The van der Waals surface area contributed by atoms with Gasteiger partial charge in [0.25, 0.3) is 5.91 Å². The van der Waals surface area contributed by atoms with Crippen molar-refractivity contribution in [2.24, 2.45) is 7.05 Å². The predicted octanol–water partition coefficient (Wildman–Crippen LogP) is 3.22. The molecule has 0 N–H and O–H groups in total. The molecule has 1 aliphatic rings. The van der Waals surface area contributed by atoms with E-state index in [4.69, 9.17) is 17.0 Å². The quantitative estimate of drug-likeness (QED) is 0.479. The van der Waals surface area contributed by atoms with Crippen LogP contribution in [0.15, 0.2) is 47.5 Å². The first-order chi connectivity index (χ1) is 11.5. The van der Waals surface area contributed by atoms with Gasteiger partial charge < -0.3 is 9.30 Å². The number of carbonyl (C=O) groups is 2. The van der Waals surface area contributed by atoms with Crippen LogP contribution >= 0.6 is 24.0 Å². The molecular formula is C17H14N2O3S2. The second kappa shape index (κ2) is 6.62. The summed E-state index contributed by atoms with van der Waals surface area (Å²) in [6, 6.07) is 10.6. The molecule has 1 aromatic carbocycles. The van der Waals surface area contributed by atoms with E-state index in [0.29, 0.717) is 20.5 Å². The van der Waals surface area contributed by atoms with Crippen molar-refractivity contribution in [2.75, 3.05) is 12.0 Å². The Bertz CT molecular complexity index is 870. The molecule has 5 nitrogen and oxygen atoms in total. The molecule has 1 aromatic heterocycles. The van der Waals surface area contributed by atoms with E-state index in [1.807, 2.05) is 29.9 Å². The van der Waals surface area contributed by atoms with Crippen molar-refractivity contribution in [3.8, 4) is 0 Å². The highest BCUT2D eigenvalue weighted by Crippen LogP contribution is 2.37. The van der Waals surface area contributed by atoms with Gasteiger partial charge in [0.05, 0.1) is 23.3 Å². The minimum absolute atomic E-state index is 0.248. The van der Waals surface area contributed by atoms with E-state index in [0.717, 1.165) is 5.69 Å². The first-order valence-corrected chi connectivity index (χ1v) is 8.32. The van der Waals surface area contributed by atoms with Crippen LogP contribution in [0.1, 0.15) is 16.1 Å². The van der Waals surface area contributed by atoms with E-state index in [9.17, 15) is 9.59 Å². The molecule has 0 bridgehead atoms. The maximum absolute atomic E-state index is 12.8. The average Bonchev–Trinajstić information content (AvgIpc) is 3.10. The van der Waals surface area contributed by atoms with Gasteiger partial charge in [-0.2, -0.15) is 0 Å². The summed E-state index contributed by atoms with van der Waals surface area (Å²) in [5.74, 6) is -0.756. The van der Waals surface area contributed by atoms with Crippen molar-refractivity contribution < 1.29 is 14.3 Å². The minimum atomic E-state index is -0.508. The Balaban J connectivity index is 2.01.